The van der Waals surface area contributed by atoms with Crippen molar-refractivity contribution in [3.05, 3.63) is 230 Å². The minimum atomic E-state index is 0.624. The van der Waals surface area contributed by atoms with Crippen LogP contribution in [0.3, 0.4) is 0 Å². The summed E-state index contributed by atoms with van der Waals surface area (Å²) < 4.78 is 4.67. The number of fused-ring (bicyclic) bond motifs is 7. The third-order valence-corrected chi connectivity index (χ3v) is 12.1. The molecule has 0 aliphatic rings. The molecule has 0 atom stereocenters. The SMILES string of the molecule is C(=C\c1c(-c2ccccc2)n(-c2nc(-c3cccc(-c4ccccc4)c3)c3ccccc3n2)c2ccccc12)/c1cc2c3ccccc3n(-c3ccccc3)c2c2ccccc12. The second kappa shape index (κ2) is 14.7. The van der Waals surface area contributed by atoms with E-state index in [0.29, 0.717) is 5.95 Å². The van der Waals surface area contributed by atoms with Gasteiger partial charge in [0, 0.05) is 43.7 Å². The number of hydrogen-bond acceptors (Lipinski definition) is 2. The van der Waals surface area contributed by atoms with Crippen LogP contribution in [0.15, 0.2) is 218 Å². The van der Waals surface area contributed by atoms with Crippen molar-refractivity contribution in [3.63, 3.8) is 0 Å². The number of nitrogens with zero attached hydrogens (tertiary/aromatic N) is 4. The van der Waals surface area contributed by atoms with Crippen LogP contribution < -0.4 is 0 Å². The summed E-state index contributed by atoms with van der Waals surface area (Å²) >= 11 is 0. The maximum Gasteiger partial charge on any atom is 0.235 e. The molecule has 0 saturated carbocycles. The maximum atomic E-state index is 5.50. The smallest absolute Gasteiger partial charge is 0.235 e. The Morgan fingerprint density at radius 3 is 1.68 bits per heavy atom. The molecule has 0 unspecified atom stereocenters. The van der Waals surface area contributed by atoms with Gasteiger partial charge < -0.3 is 4.57 Å². The highest BCUT2D eigenvalue weighted by molar-refractivity contribution is 6.21. The van der Waals surface area contributed by atoms with Gasteiger partial charge in [0.1, 0.15) is 0 Å². The lowest BCUT2D eigenvalue weighted by Gasteiger charge is -2.14. The van der Waals surface area contributed by atoms with Crippen molar-refractivity contribution in [2.45, 2.75) is 0 Å². The molecule has 62 heavy (non-hydrogen) atoms. The van der Waals surface area contributed by atoms with Crippen molar-refractivity contribution >= 4 is 66.5 Å². The van der Waals surface area contributed by atoms with Gasteiger partial charge >= 0.3 is 0 Å². The van der Waals surface area contributed by atoms with Gasteiger partial charge in [0.2, 0.25) is 5.95 Å². The van der Waals surface area contributed by atoms with E-state index in [9.17, 15) is 0 Å². The van der Waals surface area contributed by atoms with Crippen LogP contribution in [-0.4, -0.2) is 19.1 Å². The zero-order valence-corrected chi connectivity index (χ0v) is 33.7. The number of para-hydroxylation sites is 4. The molecule has 0 bridgehead atoms. The minimum Gasteiger partial charge on any atom is -0.309 e. The molecule has 290 valence electrons. The molecule has 12 aromatic rings. The van der Waals surface area contributed by atoms with Crippen molar-refractivity contribution in [2.75, 3.05) is 0 Å². The van der Waals surface area contributed by atoms with E-state index in [-0.39, 0.29) is 0 Å². The van der Waals surface area contributed by atoms with Crippen LogP contribution >= 0.6 is 0 Å². The van der Waals surface area contributed by atoms with Crippen molar-refractivity contribution in [3.8, 4) is 45.3 Å². The Bertz CT molecular complexity index is 3670. The van der Waals surface area contributed by atoms with Crippen LogP contribution in [0.4, 0.5) is 0 Å². The molecular formula is C58H38N4. The Morgan fingerprint density at radius 1 is 0.355 bits per heavy atom. The molecule has 0 spiro atoms. The van der Waals surface area contributed by atoms with Gasteiger partial charge in [-0.05, 0) is 70.1 Å². The van der Waals surface area contributed by atoms with E-state index in [0.717, 1.165) is 66.7 Å². The number of aromatic nitrogens is 4. The molecule has 0 saturated heterocycles. The predicted octanol–water partition coefficient (Wildman–Crippen LogP) is 15.0. The van der Waals surface area contributed by atoms with E-state index in [1.165, 1.54) is 38.1 Å². The topological polar surface area (TPSA) is 35.6 Å². The Labute approximate surface area is 359 Å². The van der Waals surface area contributed by atoms with Gasteiger partial charge in [-0.3, -0.25) is 4.57 Å². The van der Waals surface area contributed by atoms with E-state index >= 15 is 0 Å². The fraction of sp³-hybridized carbons (Fsp3) is 0. The molecule has 4 nitrogen and oxygen atoms in total. The number of benzene rings is 9. The maximum absolute atomic E-state index is 5.50. The van der Waals surface area contributed by atoms with Crippen molar-refractivity contribution in [1.29, 1.82) is 0 Å². The van der Waals surface area contributed by atoms with Gasteiger partial charge in [-0.25, -0.2) is 9.97 Å². The molecule has 0 radical (unpaired) electrons. The molecule has 0 fully saturated rings. The summed E-state index contributed by atoms with van der Waals surface area (Å²) in [7, 11) is 0. The Balaban J connectivity index is 1.10. The Morgan fingerprint density at radius 2 is 0.919 bits per heavy atom. The largest absolute Gasteiger partial charge is 0.309 e. The highest BCUT2D eigenvalue weighted by Gasteiger charge is 2.23. The van der Waals surface area contributed by atoms with E-state index < -0.39 is 0 Å². The summed E-state index contributed by atoms with van der Waals surface area (Å²) in [5.74, 6) is 0.624. The van der Waals surface area contributed by atoms with Crippen molar-refractivity contribution < 1.29 is 0 Å². The predicted molar refractivity (Wildman–Crippen MR) is 260 cm³/mol. The van der Waals surface area contributed by atoms with Crippen LogP contribution in [0.5, 0.6) is 0 Å². The molecule has 3 aromatic heterocycles. The van der Waals surface area contributed by atoms with E-state index in [1.807, 2.05) is 0 Å². The van der Waals surface area contributed by atoms with Gasteiger partial charge in [0.25, 0.3) is 0 Å². The lowest BCUT2D eigenvalue weighted by atomic mass is 9.98. The third-order valence-electron chi connectivity index (χ3n) is 12.1. The van der Waals surface area contributed by atoms with Crippen LogP contribution in [0.25, 0.3) is 112 Å². The first-order valence-electron chi connectivity index (χ1n) is 21.1. The van der Waals surface area contributed by atoms with Crippen LogP contribution in [-0.2, 0) is 0 Å². The fourth-order valence-electron chi connectivity index (χ4n) is 9.39. The zero-order valence-electron chi connectivity index (χ0n) is 33.7. The molecular weight excluding hydrogens is 753 g/mol. The first-order chi connectivity index (χ1) is 30.8. The van der Waals surface area contributed by atoms with Crippen molar-refractivity contribution in [2.24, 2.45) is 0 Å². The summed E-state index contributed by atoms with van der Waals surface area (Å²) in [5, 5.41) is 6.99. The molecule has 0 N–H and O–H groups in total. The third kappa shape index (κ3) is 5.84. The molecule has 0 amide bonds. The van der Waals surface area contributed by atoms with Crippen molar-refractivity contribution in [1.82, 2.24) is 19.1 Å². The molecule has 0 aliphatic heterocycles. The monoisotopic (exact) mass is 790 g/mol. The van der Waals surface area contributed by atoms with Gasteiger partial charge in [-0.2, -0.15) is 0 Å². The van der Waals surface area contributed by atoms with Crippen LogP contribution in [0.1, 0.15) is 11.1 Å². The highest BCUT2D eigenvalue weighted by atomic mass is 15.2. The van der Waals surface area contributed by atoms with Gasteiger partial charge in [-0.1, -0.05) is 188 Å². The first kappa shape index (κ1) is 35.6. The summed E-state index contributed by atoms with van der Waals surface area (Å²) in [6.45, 7) is 0. The van der Waals surface area contributed by atoms with Gasteiger partial charge in [0.15, 0.2) is 0 Å². The molecule has 3 heterocycles. The average molecular weight is 791 g/mol. The standard InChI is InChI=1S/C58H38N4/c1-4-19-39(20-5-1)41-23-18-24-43(37-41)55-50-31-12-15-32-52(50)59-58(60-55)62-54-34-17-13-28-46(54)49(56(62)40-21-6-2-7-22-40)36-35-42-38-51-47-29-14-16-33-53(47)61(44-25-8-3-9-26-44)57(51)48-30-11-10-27-45(42)48/h1-38H/b36-35+. The van der Waals surface area contributed by atoms with Crippen LogP contribution in [0.2, 0.25) is 0 Å². The van der Waals surface area contributed by atoms with E-state index in [1.54, 1.807) is 0 Å². The fourth-order valence-corrected chi connectivity index (χ4v) is 9.39. The van der Waals surface area contributed by atoms with E-state index in [2.05, 4.69) is 240 Å². The molecule has 4 heteroatoms. The van der Waals surface area contributed by atoms with Gasteiger partial charge in [0.05, 0.1) is 33.5 Å². The Kier molecular flexibility index (Phi) is 8.46. The molecule has 12 rings (SSSR count). The minimum absolute atomic E-state index is 0.624. The second-order valence-corrected chi connectivity index (χ2v) is 15.7. The van der Waals surface area contributed by atoms with Gasteiger partial charge in [-0.15, -0.1) is 0 Å². The lowest BCUT2D eigenvalue weighted by Crippen LogP contribution is -2.05. The summed E-state index contributed by atoms with van der Waals surface area (Å²) in [6, 6.07) is 77.5. The average Bonchev–Trinajstić information content (AvgIpc) is 3.87. The Hall–Kier alpha value is -8.34. The second-order valence-electron chi connectivity index (χ2n) is 15.7. The normalized spacial score (nSPS) is 11.8. The molecule has 9 aromatic carbocycles. The summed E-state index contributed by atoms with van der Waals surface area (Å²) in [6.07, 6.45) is 4.60. The summed E-state index contributed by atoms with van der Waals surface area (Å²) in [5.41, 5.74) is 14.1. The zero-order chi connectivity index (χ0) is 41.0. The quantitative estimate of drug-likeness (QED) is 0.161. The highest BCUT2D eigenvalue weighted by Crippen LogP contribution is 2.41. The number of hydrogen-bond donors (Lipinski definition) is 0. The first-order valence-corrected chi connectivity index (χ1v) is 21.1. The van der Waals surface area contributed by atoms with Crippen LogP contribution in [0, 0.1) is 0 Å². The lowest BCUT2D eigenvalue weighted by molar-refractivity contribution is 0.989. The number of rotatable bonds is 7. The molecule has 0 aliphatic carbocycles. The summed E-state index contributed by atoms with van der Waals surface area (Å²) in [4.78, 5) is 10.8. The van der Waals surface area contributed by atoms with E-state index in [4.69, 9.17) is 9.97 Å².